The quantitative estimate of drug-likeness (QED) is 0.807. The van der Waals surface area contributed by atoms with E-state index in [4.69, 9.17) is 32.7 Å². The average molecular weight is 368 g/mol. The highest BCUT2D eigenvalue weighted by Gasteiger charge is 2.13. The second kappa shape index (κ2) is 8.04. The first-order valence-corrected chi connectivity index (χ1v) is 7.73. The van der Waals surface area contributed by atoms with E-state index in [9.17, 15) is 9.59 Å². The molecule has 0 aromatic heterocycles. The molecule has 2 aromatic rings. The third-order valence-corrected chi connectivity index (χ3v) is 3.79. The lowest BCUT2D eigenvalue weighted by Crippen LogP contribution is -2.21. The fourth-order valence-electron chi connectivity index (χ4n) is 1.95. The molecule has 5 nitrogen and oxygen atoms in total. The minimum atomic E-state index is -0.632. The van der Waals surface area contributed by atoms with Gasteiger partial charge in [-0.2, -0.15) is 0 Å². The summed E-state index contributed by atoms with van der Waals surface area (Å²) in [5.41, 5.74) is 1.50. The van der Waals surface area contributed by atoms with Gasteiger partial charge in [-0.05, 0) is 36.8 Å². The summed E-state index contributed by atoms with van der Waals surface area (Å²) in [7, 11) is 1.47. The molecule has 0 aliphatic heterocycles. The van der Waals surface area contributed by atoms with Crippen LogP contribution in [-0.4, -0.2) is 25.6 Å². The van der Waals surface area contributed by atoms with Crippen LogP contribution in [0.1, 0.15) is 15.9 Å². The van der Waals surface area contributed by atoms with Crippen LogP contribution in [0, 0.1) is 6.92 Å². The average Bonchev–Trinajstić information content (AvgIpc) is 2.55. The largest absolute Gasteiger partial charge is 0.495 e. The summed E-state index contributed by atoms with van der Waals surface area (Å²) < 4.78 is 10.1. The molecule has 0 spiro atoms. The predicted octanol–water partition coefficient (Wildman–Crippen LogP) is 4.11. The molecule has 0 saturated carbocycles. The Kier molecular flexibility index (Phi) is 6.06. The maximum absolute atomic E-state index is 12.0. The highest BCUT2D eigenvalue weighted by Crippen LogP contribution is 2.30. The number of aryl methyl sites for hydroxylation is 1. The number of rotatable bonds is 5. The summed E-state index contributed by atoms with van der Waals surface area (Å²) in [4.78, 5) is 23.8. The molecule has 24 heavy (non-hydrogen) atoms. The zero-order chi connectivity index (χ0) is 17.7. The predicted molar refractivity (Wildman–Crippen MR) is 93.1 cm³/mol. The van der Waals surface area contributed by atoms with Gasteiger partial charge in [0.05, 0.1) is 18.4 Å². The number of amides is 1. The minimum Gasteiger partial charge on any atom is -0.495 e. The number of ether oxygens (including phenoxy) is 2. The number of anilines is 1. The van der Waals surface area contributed by atoms with Gasteiger partial charge in [-0.15, -0.1) is 0 Å². The molecule has 0 saturated heterocycles. The van der Waals surface area contributed by atoms with Gasteiger partial charge < -0.3 is 14.8 Å². The number of carbonyl (C=O) groups excluding carboxylic acids is 2. The van der Waals surface area contributed by atoms with Crippen LogP contribution in [0.5, 0.6) is 5.75 Å². The molecule has 0 fully saturated rings. The van der Waals surface area contributed by atoms with Crippen LogP contribution in [0.25, 0.3) is 0 Å². The lowest BCUT2D eigenvalue weighted by atomic mass is 10.2. The highest BCUT2D eigenvalue weighted by atomic mass is 35.5. The van der Waals surface area contributed by atoms with Crippen LogP contribution in [0.4, 0.5) is 5.69 Å². The molecule has 0 aliphatic carbocycles. The number of carbonyl (C=O) groups is 2. The van der Waals surface area contributed by atoms with Gasteiger partial charge >= 0.3 is 5.97 Å². The van der Waals surface area contributed by atoms with E-state index in [0.29, 0.717) is 21.5 Å². The molecule has 2 aromatic carbocycles. The van der Waals surface area contributed by atoms with Gasteiger partial charge in [0.2, 0.25) is 0 Å². The van der Waals surface area contributed by atoms with Crippen molar-refractivity contribution in [2.45, 2.75) is 6.92 Å². The van der Waals surface area contributed by atoms with E-state index in [1.54, 1.807) is 37.3 Å². The van der Waals surface area contributed by atoms with Gasteiger partial charge in [0.1, 0.15) is 5.75 Å². The van der Waals surface area contributed by atoms with Gasteiger partial charge in [-0.1, -0.05) is 29.3 Å². The Morgan fingerprint density at radius 1 is 1.17 bits per heavy atom. The molecule has 0 heterocycles. The summed E-state index contributed by atoms with van der Waals surface area (Å²) >= 11 is 11.8. The third kappa shape index (κ3) is 4.63. The van der Waals surface area contributed by atoms with Crippen molar-refractivity contribution in [2.24, 2.45) is 0 Å². The number of nitrogens with one attached hydrogen (secondary N) is 1. The summed E-state index contributed by atoms with van der Waals surface area (Å²) in [5, 5.41) is 3.56. The van der Waals surface area contributed by atoms with E-state index in [0.717, 1.165) is 5.56 Å². The van der Waals surface area contributed by atoms with Crippen LogP contribution in [0.15, 0.2) is 36.4 Å². The Bertz CT molecular complexity index is 777. The summed E-state index contributed by atoms with van der Waals surface area (Å²) in [6, 6.07) is 9.56. The molecule has 126 valence electrons. The summed E-state index contributed by atoms with van der Waals surface area (Å²) in [6.45, 7) is 1.37. The molecule has 0 aliphatic rings. The molecule has 1 amide bonds. The van der Waals surface area contributed by atoms with Crippen LogP contribution in [0.3, 0.4) is 0 Å². The Morgan fingerprint density at radius 3 is 2.58 bits per heavy atom. The highest BCUT2D eigenvalue weighted by molar-refractivity contribution is 6.31. The summed E-state index contributed by atoms with van der Waals surface area (Å²) in [6.07, 6.45) is 0. The molecule has 2 rings (SSSR count). The Hall–Kier alpha value is -2.24. The van der Waals surface area contributed by atoms with Gasteiger partial charge in [-0.25, -0.2) is 4.79 Å². The first-order valence-electron chi connectivity index (χ1n) is 6.97. The molecule has 0 bridgehead atoms. The number of methoxy groups -OCH3 is 1. The van der Waals surface area contributed by atoms with Crippen LogP contribution >= 0.6 is 23.2 Å². The molecular weight excluding hydrogens is 353 g/mol. The Balaban J connectivity index is 1.99. The van der Waals surface area contributed by atoms with Crippen molar-refractivity contribution in [3.63, 3.8) is 0 Å². The topological polar surface area (TPSA) is 64.6 Å². The molecular formula is C17H15Cl2NO4. The molecule has 7 heteroatoms. The van der Waals surface area contributed by atoms with Gasteiger partial charge in [0.15, 0.2) is 6.61 Å². The van der Waals surface area contributed by atoms with E-state index < -0.39 is 18.5 Å². The van der Waals surface area contributed by atoms with E-state index in [1.807, 2.05) is 0 Å². The number of hydrogen-bond donors (Lipinski definition) is 1. The second-order valence-electron chi connectivity index (χ2n) is 4.94. The van der Waals surface area contributed by atoms with E-state index in [1.165, 1.54) is 13.2 Å². The first kappa shape index (κ1) is 18.1. The Labute approximate surface area is 149 Å². The summed E-state index contributed by atoms with van der Waals surface area (Å²) in [5.74, 6) is -0.711. The van der Waals surface area contributed by atoms with E-state index >= 15 is 0 Å². The molecule has 0 unspecified atom stereocenters. The fraction of sp³-hybridized carbons (Fsp3) is 0.176. The SMILES string of the molecule is COc1cc(Cl)c(C)cc1NC(=O)COC(=O)c1cccc(Cl)c1. The van der Waals surface area contributed by atoms with Gasteiger partial charge in [-0.3, -0.25) is 4.79 Å². The second-order valence-corrected chi connectivity index (χ2v) is 5.78. The van der Waals surface area contributed by atoms with E-state index in [2.05, 4.69) is 5.32 Å². The van der Waals surface area contributed by atoms with Gasteiger partial charge in [0.25, 0.3) is 5.91 Å². The maximum atomic E-state index is 12.0. The lowest BCUT2D eigenvalue weighted by Gasteiger charge is -2.12. The third-order valence-electron chi connectivity index (χ3n) is 3.15. The van der Waals surface area contributed by atoms with Crippen molar-refractivity contribution in [2.75, 3.05) is 19.0 Å². The van der Waals surface area contributed by atoms with Crippen molar-refractivity contribution in [3.8, 4) is 5.75 Å². The minimum absolute atomic E-state index is 0.273. The van der Waals surface area contributed by atoms with Crippen LogP contribution in [-0.2, 0) is 9.53 Å². The number of hydrogen-bond acceptors (Lipinski definition) is 4. The zero-order valence-electron chi connectivity index (χ0n) is 13.1. The lowest BCUT2D eigenvalue weighted by molar-refractivity contribution is -0.119. The first-order chi connectivity index (χ1) is 11.4. The molecule has 0 radical (unpaired) electrons. The van der Waals surface area contributed by atoms with Crippen LogP contribution in [0.2, 0.25) is 10.0 Å². The van der Waals surface area contributed by atoms with Crippen molar-refractivity contribution < 1.29 is 19.1 Å². The van der Waals surface area contributed by atoms with Crippen LogP contribution < -0.4 is 10.1 Å². The number of halogens is 2. The van der Waals surface area contributed by atoms with Crippen molar-refractivity contribution in [1.29, 1.82) is 0 Å². The standard InChI is InChI=1S/C17H15Cl2NO4/c1-10-6-14(15(23-2)8-13(10)19)20-16(21)9-24-17(22)11-4-3-5-12(18)7-11/h3-8H,9H2,1-2H3,(H,20,21). The van der Waals surface area contributed by atoms with E-state index in [-0.39, 0.29) is 5.56 Å². The normalized spacial score (nSPS) is 10.2. The zero-order valence-corrected chi connectivity index (χ0v) is 14.6. The fourth-order valence-corrected chi connectivity index (χ4v) is 2.29. The van der Waals surface area contributed by atoms with Gasteiger partial charge in [0, 0.05) is 16.1 Å². The monoisotopic (exact) mass is 367 g/mol. The van der Waals surface area contributed by atoms with Crippen molar-refractivity contribution in [3.05, 3.63) is 57.6 Å². The molecule has 0 atom stereocenters. The van der Waals surface area contributed by atoms with Crippen molar-refractivity contribution in [1.82, 2.24) is 0 Å². The number of esters is 1. The smallest absolute Gasteiger partial charge is 0.338 e. The maximum Gasteiger partial charge on any atom is 0.338 e. The van der Waals surface area contributed by atoms with Crippen molar-refractivity contribution >= 4 is 40.8 Å². The number of benzene rings is 2. The molecule has 1 N–H and O–H groups in total. The Morgan fingerprint density at radius 2 is 1.92 bits per heavy atom.